The first-order valence-electron chi connectivity index (χ1n) is 11.4. The van der Waals surface area contributed by atoms with Crippen molar-refractivity contribution in [3.05, 3.63) is 29.8 Å². The summed E-state index contributed by atoms with van der Waals surface area (Å²) in [5.41, 5.74) is 12.1. The van der Waals surface area contributed by atoms with Gasteiger partial charge >= 0.3 is 5.97 Å². The van der Waals surface area contributed by atoms with Gasteiger partial charge in [-0.2, -0.15) is 0 Å². The zero-order valence-electron chi connectivity index (χ0n) is 19.8. The van der Waals surface area contributed by atoms with E-state index in [-0.39, 0.29) is 18.1 Å². The van der Waals surface area contributed by atoms with Crippen LogP contribution < -0.4 is 27.4 Å². The molecule has 3 unspecified atom stereocenters. The maximum absolute atomic E-state index is 13.1. The first kappa shape index (κ1) is 28.9. The van der Waals surface area contributed by atoms with Gasteiger partial charge in [0.25, 0.3) is 0 Å². The molecule has 0 aliphatic heterocycles. The number of aliphatic carboxylic acids is 1. The minimum Gasteiger partial charge on any atom is -0.508 e. The average molecular weight is 480 g/mol. The number of carboxylic acid groups (broad SMARTS) is 1. The number of hydrogen-bond acceptors (Lipinski definition) is 7. The summed E-state index contributed by atoms with van der Waals surface area (Å²) >= 11 is 0. The lowest BCUT2D eigenvalue weighted by atomic mass is 10.0. The molecule has 1 aromatic rings. The summed E-state index contributed by atoms with van der Waals surface area (Å²) in [6.07, 6.45) is 2.01. The maximum atomic E-state index is 13.1. The van der Waals surface area contributed by atoms with Crippen molar-refractivity contribution in [1.82, 2.24) is 16.0 Å². The Labute approximate surface area is 199 Å². The van der Waals surface area contributed by atoms with Gasteiger partial charge < -0.3 is 37.6 Å². The Morgan fingerprint density at radius 1 is 0.941 bits per heavy atom. The number of amides is 3. The molecular formula is C23H37N5O6. The molecule has 3 amide bonds. The van der Waals surface area contributed by atoms with Crippen molar-refractivity contribution in [3.63, 3.8) is 0 Å². The van der Waals surface area contributed by atoms with Crippen molar-refractivity contribution in [2.24, 2.45) is 17.4 Å². The summed E-state index contributed by atoms with van der Waals surface area (Å²) in [5.74, 6) is -2.73. The Bertz CT molecular complexity index is 815. The van der Waals surface area contributed by atoms with Crippen LogP contribution in [0, 0.1) is 5.92 Å². The highest BCUT2D eigenvalue weighted by Crippen LogP contribution is 2.12. The van der Waals surface area contributed by atoms with Gasteiger partial charge in [0.05, 0.1) is 6.04 Å². The molecule has 34 heavy (non-hydrogen) atoms. The third-order valence-electron chi connectivity index (χ3n) is 5.07. The van der Waals surface area contributed by atoms with E-state index >= 15 is 0 Å². The molecule has 11 heteroatoms. The van der Waals surface area contributed by atoms with Crippen LogP contribution in [-0.4, -0.2) is 65.1 Å². The minimum atomic E-state index is -1.23. The van der Waals surface area contributed by atoms with Gasteiger partial charge in [-0.05, 0) is 55.8 Å². The number of rotatable bonds is 15. The first-order chi connectivity index (χ1) is 16.0. The van der Waals surface area contributed by atoms with Crippen molar-refractivity contribution in [2.45, 2.75) is 64.1 Å². The molecule has 11 nitrogen and oxygen atoms in total. The van der Waals surface area contributed by atoms with E-state index in [0.717, 1.165) is 0 Å². The van der Waals surface area contributed by atoms with Gasteiger partial charge in [0.15, 0.2) is 0 Å². The zero-order valence-corrected chi connectivity index (χ0v) is 19.8. The molecule has 0 saturated carbocycles. The minimum absolute atomic E-state index is 0.0417. The number of unbranched alkanes of at least 4 members (excludes halogenated alkanes) is 1. The van der Waals surface area contributed by atoms with E-state index < -0.39 is 48.4 Å². The quantitative estimate of drug-likeness (QED) is 0.165. The number of nitrogens with one attached hydrogen (secondary N) is 3. The second-order valence-corrected chi connectivity index (χ2v) is 8.62. The van der Waals surface area contributed by atoms with Crippen LogP contribution in [0.4, 0.5) is 0 Å². The molecule has 0 fully saturated rings. The number of phenols is 1. The van der Waals surface area contributed by atoms with Crippen LogP contribution in [0.3, 0.4) is 0 Å². The smallest absolute Gasteiger partial charge is 0.322 e. The highest BCUT2D eigenvalue weighted by Gasteiger charge is 2.28. The molecular weight excluding hydrogens is 442 g/mol. The van der Waals surface area contributed by atoms with Crippen LogP contribution in [0.15, 0.2) is 24.3 Å². The second-order valence-electron chi connectivity index (χ2n) is 8.62. The van der Waals surface area contributed by atoms with Gasteiger partial charge in [-0.25, -0.2) is 0 Å². The predicted octanol–water partition coefficient (Wildman–Crippen LogP) is -0.392. The van der Waals surface area contributed by atoms with Gasteiger partial charge in [-0.3, -0.25) is 19.2 Å². The Morgan fingerprint density at radius 2 is 1.56 bits per heavy atom. The fourth-order valence-corrected chi connectivity index (χ4v) is 3.29. The summed E-state index contributed by atoms with van der Waals surface area (Å²) in [6, 6.07) is 3.23. The van der Waals surface area contributed by atoms with Crippen molar-refractivity contribution in [2.75, 3.05) is 13.1 Å². The van der Waals surface area contributed by atoms with Crippen molar-refractivity contribution >= 4 is 23.7 Å². The lowest BCUT2D eigenvalue weighted by Crippen LogP contribution is -2.56. The van der Waals surface area contributed by atoms with Crippen LogP contribution in [0.2, 0.25) is 0 Å². The number of nitrogens with two attached hydrogens (primary N) is 2. The number of hydrogen-bond donors (Lipinski definition) is 7. The normalized spacial score (nSPS) is 13.6. The van der Waals surface area contributed by atoms with Gasteiger partial charge in [-0.15, -0.1) is 0 Å². The number of carbonyl (C=O) groups excluding carboxylic acids is 3. The van der Waals surface area contributed by atoms with Crippen LogP contribution in [0.1, 0.15) is 45.1 Å². The summed E-state index contributed by atoms with van der Waals surface area (Å²) in [7, 11) is 0. The summed E-state index contributed by atoms with van der Waals surface area (Å²) < 4.78 is 0. The number of phenolic OH excluding ortho intramolecular Hbond substituents is 1. The molecule has 9 N–H and O–H groups in total. The Hall–Kier alpha value is -3.18. The summed E-state index contributed by atoms with van der Waals surface area (Å²) in [6.45, 7) is 3.68. The number of aromatic hydroxyl groups is 1. The van der Waals surface area contributed by atoms with Crippen LogP contribution in [0.5, 0.6) is 5.75 Å². The van der Waals surface area contributed by atoms with Crippen molar-refractivity contribution < 1.29 is 29.4 Å². The SMILES string of the molecule is CC(C)CC(N)C(=O)NC(CCCCN)C(=O)NC(Cc1ccc(O)cc1)C(=O)NCC(=O)O. The number of benzene rings is 1. The Kier molecular flexibility index (Phi) is 12.6. The third-order valence-corrected chi connectivity index (χ3v) is 5.07. The van der Waals surface area contributed by atoms with Crippen LogP contribution >= 0.6 is 0 Å². The fourth-order valence-electron chi connectivity index (χ4n) is 3.29. The summed E-state index contributed by atoms with van der Waals surface area (Å²) in [4.78, 5) is 49.1. The standard InChI is InChI=1S/C23H37N5O6/c1-14(2)11-17(25)21(32)27-18(5-3-4-10-24)23(34)28-19(22(33)26-13-20(30)31)12-15-6-8-16(29)9-7-15/h6-9,14,17-19,29H,3-5,10-13,24-25H2,1-2H3,(H,26,33)(H,27,32)(H,28,34)(H,30,31). The molecule has 190 valence electrons. The Balaban J connectivity index is 3.00. The van der Waals surface area contributed by atoms with E-state index in [1.54, 1.807) is 12.1 Å². The summed E-state index contributed by atoms with van der Waals surface area (Å²) in [5, 5.41) is 25.9. The molecule has 3 atom stereocenters. The molecule has 0 heterocycles. The van der Waals surface area contributed by atoms with Gasteiger partial charge in [0, 0.05) is 6.42 Å². The lowest BCUT2D eigenvalue weighted by Gasteiger charge is -2.24. The molecule has 0 bridgehead atoms. The molecule has 0 aliphatic rings. The largest absolute Gasteiger partial charge is 0.508 e. The predicted molar refractivity (Wildman–Crippen MR) is 127 cm³/mol. The first-order valence-corrected chi connectivity index (χ1v) is 11.4. The average Bonchev–Trinajstić information content (AvgIpc) is 2.77. The van der Waals surface area contributed by atoms with E-state index in [1.165, 1.54) is 12.1 Å². The van der Waals surface area contributed by atoms with Crippen LogP contribution in [-0.2, 0) is 25.6 Å². The number of carboxylic acids is 1. The molecule has 0 radical (unpaired) electrons. The highest BCUT2D eigenvalue weighted by molar-refractivity contribution is 5.93. The second kappa shape index (κ2) is 14.9. The molecule has 1 rings (SSSR count). The lowest BCUT2D eigenvalue weighted by molar-refractivity contribution is -0.138. The fraction of sp³-hybridized carbons (Fsp3) is 0.565. The zero-order chi connectivity index (χ0) is 25.7. The van der Waals surface area contributed by atoms with Crippen LogP contribution in [0.25, 0.3) is 0 Å². The maximum Gasteiger partial charge on any atom is 0.322 e. The highest BCUT2D eigenvalue weighted by atomic mass is 16.4. The van der Waals surface area contributed by atoms with E-state index in [2.05, 4.69) is 16.0 Å². The molecule has 0 aliphatic carbocycles. The molecule has 0 aromatic heterocycles. The van der Waals surface area contributed by atoms with E-state index in [9.17, 15) is 24.3 Å². The van der Waals surface area contributed by atoms with Crippen molar-refractivity contribution in [3.8, 4) is 5.75 Å². The van der Waals surface area contributed by atoms with Gasteiger partial charge in [-0.1, -0.05) is 26.0 Å². The molecule has 0 spiro atoms. The van der Waals surface area contributed by atoms with Gasteiger partial charge in [0.2, 0.25) is 17.7 Å². The van der Waals surface area contributed by atoms with Crippen molar-refractivity contribution in [1.29, 1.82) is 0 Å². The number of carbonyl (C=O) groups is 4. The molecule has 0 saturated heterocycles. The Morgan fingerprint density at radius 3 is 2.12 bits per heavy atom. The van der Waals surface area contributed by atoms with E-state index in [4.69, 9.17) is 16.6 Å². The van der Waals surface area contributed by atoms with E-state index in [0.29, 0.717) is 37.8 Å². The topological polar surface area (TPSA) is 197 Å². The van der Waals surface area contributed by atoms with E-state index in [1.807, 2.05) is 13.8 Å². The molecule has 1 aromatic carbocycles. The third kappa shape index (κ3) is 11.1. The monoisotopic (exact) mass is 479 g/mol. The van der Waals surface area contributed by atoms with Gasteiger partial charge in [0.1, 0.15) is 24.4 Å².